The number of hydrogen-bond donors (Lipinski definition) is 1. The second kappa shape index (κ2) is 6.21. The Labute approximate surface area is 122 Å². The quantitative estimate of drug-likeness (QED) is 0.827. The summed E-state index contributed by atoms with van der Waals surface area (Å²) in [4.78, 5) is 11.7. The maximum atomic E-state index is 13.1. The number of hydrogen-bond acceptors (Lipinski definition) is 2. The summed E-state index contributed by atoms with van der Waals surface area (Å²) in [6, 6.07) is 11.2. The van der Waals surface area contributed by atoms with E-state index in [-0.39, 0.29) is 11.4 Å². The van der Waals surface area contributed by atoms with E-state index in [0.29, 0.717) is 5.75 Å². The Balaban J connectivity index is 2.12. The molecule has 2 aromatic rings. The monoisotopic (exact) mass is 340 g/mol. The van der Waals surface area contributed by atoms with Gasteiger partial charge in [0.05, 0.1) is 5.56 Å². The van der Waals surface area contributed by atoms with Gasteiger partial charge >= 0.3 is 5.97 Å². The van der Waals surface area contributed by atoms with Gasteiger partial charge in [-0.05, 0) is 42.0 Å². The highest BCUT2D eigenvalue weighted by atomic mass is 79.9. The normalized spacial score (nSPS) is 10.4. The molecule has 0 amide bonds. The molecule has 0 bridgehead atoms. The summed E-state index contributed by atoms with van der Waals surface area (Å²) in [5, 5.41) is 8.91. The minimum absolute atomic E-state index is 0.253. The van der Waals surface area contributed by atoms with Gasteiger partial charge < -0.3 is 5.11 Å². The van der Waals surface area contributed by atoms with Crippen molar-refractivity contribution in [2.45, 2.75) is 10.6 Å². The fourth-order valence-corrected chi connectivity index (χ4v) is 3.05. The smallest absolute Gasteiger partial charge is 0.335 e. The first-order chi connectivity index (χ1) is 9.06. The number of rotatable bonds is 4. The Morgan fingerprint density at radius 1 is 1.26 bits per heavy atom. The molecule has 19 heavy (non-hydrogen) atoms. The standard InChI is InChI=1S/C14H10BrFO2S/c15-13-5-4-11(16)6-10(13)8-19-12-3-1-2-9(7-12)14(17)18/h1-7H,8H2,(H,17,18). The van der Waals surface area contributed by atoms with Gasteiger partial charge in [0, 0.05) is 15.1 Å². The van der Waals surface area contributed by atoms with Gasteiger partial charge in [-0.15, -0.1) is 11.8 Å². The third kappa shape index (κ3) is 3.81. The summed E-state index contributed by atoms with van der Waals surface area (Å²) >= 11 is 4.84. The minimum Gasteiger partial charge on any atom is -0.478 e. The second-order valence-corrected chi connectivity index (χ2v) is 5.76. The van der Waals surface area contributed by atoms with Crippen LogP contribution in [0.25, 0.3) is 0 Å². The topological polar surface area (TPSA) is 37.3 Å². The molecule has 0 aromatic heterocycles. The lowest BCUT2D eigenvalue weighted by atomic mass is 10.2. The van der Waals surface area contributed by atoms with Crippen LogP contribution in [-0.4, -0.2) is 11.1 Å². The Hall–Kier alpha value is -1.33. The van der Waals surface area contributed by atoms with Gasteiger partial charge in [0.1, 0.15) is 5.82 Å². The molecule has 98 valence electrons. The number of carboxylic acids is 1. The molecule has 0 radical (unpaired) electrons. The molecule has 0 atom stereocenters. The number of carboxylic acid groups (broad SMARTS) is 1. The lowest BCUT2D eigenvalue weighted by Gasteiger charge is -2.05. The van der Waals surface area contributed by atoms with Gasteiger partial charge in [0.15, 0.2) is 0 Å². The summed E-state index contributed by atoms with van der Waals surface area (Å²) in [5.41, 5.74) is 1.09. The molecule has 0 saturated carbocycles. The molecule has 0 aliphatic carbocycles. The molecule has 0 saturated heterocycles. The van der Waals surface area contributed by atoms with Gasteiger partial charge in [0.25, 0.3) is 0 Å². The molecule has 0 aliphatic heterocycles. The summed E-state index contributed by atoms with van der Waals surface area (Å²) in [5.74, 6) is -0.658. The van der Waals surface area contributed by atoms with E-state index in [9.17, 15) is 9.18 Å². The van der Waals surface area contributed by atoms with E-state index in [0.717, 1.165) is 14.9 Å². The molecule has 0 aliphatic rings. The largest absolute Gasteiger partial charge is 0.478 e. The van der Waals surface area contributed by atoms with Crippen LogP contribution in [0.3, 0.4) is 0 Å². The predicted molar refractivity (Wildman–Crippen MR) is 77.1 cm³/mol. The fraction of sp³-hybridized carbons (Fsp3) is 0.0714. The van der Waals surface area contributed by atoms with Gasteiger partial charge in [-0.25, -0.2) is 9.18 Å². The first kappa shape index (κ1) is 14.1. The van der Waals surface area contributed by atoms with E-state index in [1.165, 1.54) is 23.9 Å². The van der Waals surface area contributed by atoms with Crippen molar-refractivity contribution in [3.05, 3.63) is 63.9 Å². The van der Waals surface area contributed by atoms with Crippen LogP contribution in [0, 0.1) is 5.82 Å². The lowest BCUT2D eigenvalue weighted by Crippen LogP contribution is -1.95. The van der Waals surface area contributed by atoms with Crippen LogP contribution in [0.5, 0.6) is 0 Å². The Kier molecular flexibility index (Phi) is 4.61. The van der Waals surface area contributed by atoms with Crippen molar-refractivity contribution in [3.63, 3.8) is 0 Å². The Morgan fingerprint density at radius 2 is 2.05 bits per heavy atom. The Morgan fingerprint density at radius 3 is 2.79 bits per heavy atom. The van der Waals surface area contributed by atoms with Crippen molar-refractivity contribution in [2.75, 3.05) is 0 Å². The molecule has 0 spiro atoms. The fourth-order valence-electron chi connectivity index (χ4n) is 1.53. The van der Waals surface area contributed by atoms with E-state index >= 15 is 0 Å². The molecule has 2 nitrogen and oxygen atoms in total. The zero-order chi connectivity index (χ0) is 13.8. The van der Waals surface area contributed by atoms with Crippen molar-refractivity contribution in [2.24, 2.45) is 0 Å². The van der Waals surface area contributed by atoms with Crippen molar-refractivity contribution in [3.8, 4) is 0 Å². The molecule has 2 aromatic carbocycles. The highest BCUT2D eigenvalue weighted by molar-refractivity contribution is 9.10. The molecule has 0 unspecified atom stereocenters. The molecule has 1 N–H and O–H groups in total. The summed E-state index contributed by atoms with van der Waals surface area (Å²) in [7, 11) is 0. The third-order valence-electron chi connectivity index (χ3n) is 2.48. The van der Waals surface area contributed by atoms with Crippen LogP contribution in [-0.2, 0) is 5.75 Å². The number of thioether (sulfide) groups is 1. The van der Waals surface area contributed by atoms with Crippen LogP contribution in [0.4, 0.5) is 4.39 Å². The SMILES string of the molecule is O=C(O)c1cccc(SCc2cc(F)ccc2Br)c1. The second-order valence-electron chi connectivity index (χ2n) is 3.86. The predicted octanol–water partition coefficient (Wildman–Crippen LogP) is 4.58. The maximum Gasteiger partial charge on any atom is 0.335 e. The average Bonchev–Trinajstić information content (AvgIpc) is 2.40. The zero-order valence-corrected chi connectivity index (χ0v) is 12.2. The number of benzene rings is 2. The molecule has 2 rings (SSSR count). The van der Waals surface area contributed by atoms with E-state index < -0.39 is 5.97 Å². The van der Waals surface area contributed by atoms with Crippen LogP contribution in [0.1, 0.15) is 15.9 Å². The highest BCUT2D eigenvalue weighted by Gasteiger charge is 2.06. The molecular weight excluding hydrogens is 331 g/mol. The van der Waals surface area contributed by atoms with Crippen LogP contribution < -0.4 is 0 Å². The summed E-state index contributed by atoms with van der Waals surface area (Å²) in [6.45, 7) is 0. The molecule has 5 heteroatoms. The maximum absolute atomic E-state index is 13.1. The van der Waals surface area contributed by atoms with E-state index in [1.54, 1.807) is 24.3 Å². The molecule has 0 heterocycles. The van der Waals surface area contributed by atoms with E-state index in [4.69, 9.17) is 5.11 Å². The minimum atomic E-state index is -0.950. The average molecular weight is 341 g/mol. The van der Waals surface area contributed by atoms with Gasteiger partial charge in [0.2, 0.25) is 0 Å². The van der Waals surface area contributed by atoms with Gasteiger partial charge in [-0.3, -0.25) is 0 Å². The summed E-state index contributed by atoms with van der Waals surface area (Å²) in [6.07, 6.45) is 0. The lowest BCUT2D eigenvalue weighted by molar-refractivity contribution is 0.0696. The third-order valence-corrected chi connectivity index (χ3v) is 4.30. The van der Waals surface area contributed by atoms with Crippen LogP contribution in [0.2, 0.25) is 0 Å². The number of halogens is 2. The molecule has 0 fully saturated rings. The van der Waals surface area contributed by atoms with E-state index in [2.05, 4.69) is 15.9 Å². The van der Waals surface area contributed by atoms with Gasteiger partial charge in [-0.1, -0.05) is 22.0 Å². The van der Waals surface area contributed by atoms with Crippen molar-refractivity contribution >= 4 is 33.7 Å². The van der Waals surface area contributed by atoms with Crippen LogP contribution >= 0.6 is 27.7 Å². The van der Waals surface area contributed by atoms with E-state index in [1.807, 2.05) is 6.07 Å². The highest BCUT2D eigenvalue weighted by Crippen LogP contribution is 2.28. The zero-order valence-electron chi connectivity index (χ0n) is 9.77. The Bertz CT molecular complexity index is 616. The molecular formula is C14H10BrFO2S. The summed E-state index contributed by atoms with van der Waals surface area (Å²) < 4.78 is 14.0. The van der Waals surface area contributed by atoms with Gasteiger partial charge in [-0.2, -0.15) is 0 Å². The van der Waals surface area contributed by atoms with Crippen molar-refractivity contribution in [1.29, 1.82) is 0 Å². The first-order valence-corrected chi connectivity index (χ1v) is 7.24. The van der Waals surface area contributed by atoms with Crippen LogP contribution in [0.15, 0.2) is 51.8 Å². The van der Waals surface area contributed by atoms with Crippen molar-refractivity contribution < 1.29 is 14.3 Å². The number of aromatic carboxylic acids is 1. The first-order valence-electron chi connectivity index (χ1n) is 5.46. The number of carbonyl (C=O) groups is 1. The van der Waals surface area contributed by atoms with Crippen molar-refractivity contribution in [1.82, 2.24) is 0 Å².